The summed E-state index contributed by atoms with van der Waals surface area (Å²) in [6, 6.07) is 8.53. The number of aryl methyl sites for hydroxylation is 1. The predicted octanol–water partition coefficient (Wildman–Crippen LogP) is 3.95. The molecule has 0 bridgehead atoms. The van der Waals surface area contributed by atoms with Gasteiger partial charge in [0.25, 0.3) is 0 Å². The lowest BCUT2D eigenvalue weighted by molar-refractivity contribution is -0.141. The van der Waals surface area contributed by atoms with Crippen molar-refractivity contribution in [3.63, 3.8) is 0 Å². The Bertz CT molecular complexity index is 509. The second kappa shape index (κ2) is 6.01. The van der Waals surface area contributed by atoms with Crippen molar-refractivity contribution in [1.82, 2.24) is 4.90 Å². The highest BCUT2D eigenvalue weighted by atomic mass is 35.5. The number of fused-ring (bicyclic) bond motifs is 1. The van der Waals surface area contributed by atoms with Crippen LogP contribution in [-0.2, 0) is 11.2 Å². The van der Waals surface area contributed by atoms with Crippen molar-refractivity contribution in [3.8, 4) is 0 Å². The van der Waals surface area contributed by atoms with Crippen LogP contribution in [0.1, 0.15) is 37.4 Å². The van der Waals surface area contributed by atoms with Crippen molar-refractivity contribution in [3.05, 3.63) is 48.0 Å². The molecule has 1 aromatic rings. The number of carbonyl (C=O) groups excluding carboxylic acids is 1. The molecule has 1 atom stereocenters. The van der Waals surface area contributed by atoms with E-state index in [4.69, 9.17) is 11.6 Å². The SMILES string of the molecule is C=CCN(C(=O)C(C)(C)CCl)[C@@H]1CCc2ccccc21. The second-order valence-electron chi connectivity index (χ2n) is 6.02. The molecule has 1 aromatic carbocycles. The van der Waals surface area contributed by atoms with Crippen LogP contribution in [0.4, 0.5) is 0 Å². The first-order valence-corrected chi connectivity index (χ1v) is 7.60. The number of hydrogen-bond acceptors (Lipinski definition) is 1. The van der Waals surface area contributed by atoms with Crippen LogP contribution in [-0.4, -0.2) is 23.2 Å². The lowest BCUT2D eigenvalue weighted by atomic mass is 9.92. The van der Waals surface area contributed by atoms with Crippen LogP contribution in [0, 0.1) is 5.41 Å². The van der Waals surface area contributed by atoms with Crippen molar-refractivity contribution in [2.75, 3.05) is 12.4 Å². The molecule has 0 radical (unpaired) electrons. The van der Waals surface area contributed by atoms with E-state index in [2.05, 4.69) is 24.8 Å². The average Bonchev–Trinajstić information content (AvgIpc) is 2.88. The van der Waals surface area contributed by atoms with Gasteiger partial charge in [0.1, 0.15) is 0 Å². The molecule has 0 aromatic heterocycles. The van der Waals surface area contributed by atoms with E-state index in [1.165, 1.54) is 11.1 Å². The third kappa shape index (κ3) is 2.76. The Morgan fingerprint density at radius 3 is 2.85 bits per heavy atom. The molecule has 0 saturated carbocycles. The van der Waals surface area contributed by atoms with Crippen LogP contribution in [0.15, 0.2) is 36.9 Å². The normalized spacial score (nSPS) is 17.6. The molecule has 0 saturated heterocycles. The molecule has 0 fully saturated rings. The minimum absolute atomic E-state index is 0.106. The molecule has 0 N–H and O–H groups in total. The maximum Gasteiger partial charge on any atom is 0.230 e. The molecule has 108 valence electrons. The summed E-state index contributed by atoms with van der Waals surface area (Å²) in [5.74, 6) is 0.433. The summed E-state index contributed by atoms with van der Waals surface area (Å²) in [6.07, 6.45) is 3.81. The Balaban J connectivity index is 2.31. The first-order chi connectivity index (χ1) is 9.51. The zero-order chi connectivity index (χ0) is 14.8. The monoisotopic (exact) mass is 291 g/mol. The molecule has 20 heavy (non-hydrogen) atoms. The fourth-order valence-electron chi connectivity index (χ4n) is 2.80. The van der Waals surface area contributed by atoms with E-state index in [0.29, 0.717) is 12.4 Å². The molecule has 1 aliphatic carbocycles. The molecule has 0 unspecified atom stereocenters. The van der Waals surface area contributed by atoms with Crippen LogP contribution in [0.5, 0.6) is 0 Å². The minimum atomic E-state index is -0.540. The fraction of sp³-hybridized carbons (Fsp3) is 0.471. The summed E-state index contributed by atoms with van der Waals surface area (Å²) >= 11 is 5.97. The summed E-state index contributed by atoms with van der Waals surface area (Å²) in [6.45, 7) is 8.16. The van der Waals surface area contributed by atoms with Crippen molar-refractivity contribution in [1.29, 1.82) is 0 Å². The number of hydrogen-bond donors (Lipinski definition) is 0. The van der Waals surface area contributed by atoms with Crippen LogP contribution >= 0.6 is 11.6 Å². The quantitative estimate of drug-likeness (QED) is 0.594. The number of alkyl halides is 1. The van der Waals surface area contributed by atoms with E-state index in [9.17, 15) is 4.79 Å². The van der Waals surface area contributed by atoms with Crippen LogP contribution in [0.3, 0.4) is 0 Å². The minimum Gasteiger partial charge on any atom is -0.331 e. The smallest absolute Gasteiger partial charge is 0.230 e. The van der Waals surface area contributed by atoms with Gasteiger partial charge in [0.05, 0.1) is 11.5 Å². The fourth-order valence-corrected chi connectivity index (χ4v) is 2.91. The van der Waals surface area contributed by atoms with Crippen LogP contribution in [0.2, 0.25) is 0 Å². The van der Waals surface area contributed by atoms with Crippen molar-refractivity contribution in [2.45, 2.75) is 32.7 Å². The lowest BCUT2D eigenvalue weighted by Gasteiger charge is -2.35. The van der Waals surface area contributed by atoms with Crippen molar-refractivity contribution >= 4 is 17.5 Å². The summed E-state index contributed by atoms with van der Waals surface area (Å²) < 4.78 is 0. The van der Waals surface area contributed by atoms with Gasteiger partial charge in [0.15, 0.2) is 0 Å². The summed E-state index contributed by atoms with van der Waals surface area (Å²) in [5, 5.41) is 0. The van der Waals surface area contributed by atoms with E-state index in [1.54, 1.807) is 6.08 Å². The van der Waals surface area contributed by atoms with E-state index in [1.807, 2.05) is 24.8 Å². The number of rotatable bonds is 5. The lowest BCUT2D eigenvalue weighted by Crippen LogP contribution is -2.43. The molecule has 3 heteroatoms. The van der Waals surface area contributed by atoms with Crippen LogP contribution in [0.25, 0.3) is 0 Å². The number of amides is 1. The van der Waals surface area contributed by atoms with Gasteiger partial charge >= 0.3 is 0 Å². The van der Waals surface area contributed by atoms with Crippen LogP contribution < -0.4 is 0 Å². The highest BCUT2D eigenvalue weighted by Crippen LogP contribution is 2.37. The van der Waals surface area contributed by atoms with Gasteiger partial charge in [0, 0.05) is 12.4 Å². The Morgan fingerprint density at radius 2 is 2.20 bits per heavy atom. The molecular formula is C17H22ClNO. The Hall–Kier alpha value is -1.28. The molecule has 0 heterocycles. The van der Waals surface area contributed by atoms with Gasteiger partial charge in [-0.05, 0) is 37.8 Å². The molecule has 0 spiro atoms. The highest BCUT2D eigenvalue weighted by Gasteiger charge is 2.37. The molecule has 1 amide bonds. The van der Waals surface area contributed by atoms with Gasteiger partial charge in [0.2, 0.25) is 5.91 Å². The highest BCUT2D eigenvalue weighted by molar-refractivity contribution is 6.19. The zero-order valence-electron chi connectivity index (χ0n) is 12.2. The van der Waals surface area contributed by atoms with E-state index in [-0.39, 0.29) is 11.9 Å². The number of benzene rings is 1. The van der Waals surface area contributed by atoms with Gasteiger partial charge in [-0.3, -0.25) is 4.79 Å². The first kappa shape index (κ1) is 15.1. The van der Waals surface area contributed by atoms with Crippen molar-refractivity contribution in [2.24, 2.45) is 5.41 Å². The third-order valence-electron chi connectivity index (χ3n) is 3.98. The molecule has 0 aliphatic heterocycles. The standard InChI is InChI=1S/C17H22ClNO/c1-4-11-19(16(20)17(2,3)12-18)15-10-9-13-7-5-6-8-14(13)15/h4-8,15H,1,9-12H2,2-3H3/t15-/m1/s1. The van der Waals surface area contributed by atoms with Gasteiger partial charge in [-0.25, -0.2) is 0 Å². The van der Waals surface area contributed by atoms with Crippen molar-refractivity contribution < 1.29 is 4.79 Å². The second-order valence-corrected chi connectivity index (χ2v) is 6.28. The first-order valence-electron chi connectivity index (χ1n) is 7.07. The maximum atomic E-state index is 12.8. The summed E-state index contributed by atoms with van der Waals surface area (Å²) in [4.78, 5) is 14.7. The Morgan fingerprint density at radius 1 is 1.50 bits per heavy atom. The van der Waals surface area contributed by atoms with Gasteiger partial charge in [-0.2, -0.15) is 0 Å². The summed E-state index contributed by atoms with van der Waals surface area (Å²) in [5.41, 5.74) is 2.08. The average molecular weight is 292 g/mol. The number of carbonyl (C=O) groups is 1. The predicted molar refractivity (Wildman–Crippen MR) is 83.9 cm³/mol. The molecule has 2 rings (SSSR count). The maximum absolute atomic E-state index is 12.8. The van der Waals surface area contributed by atoms with Gasteiger partial charge in [-0.1, -0.05) is 30.3 Å². The van der Waals surface area contributed by atoms with Gasteiger partial charge in [-0.15, -0.1) is 18.2 Å². The largest absolute Gasteiger partial charge is 0.331 e. The third-order valence-corrected chi connectivity index (χ3v) is 4.65. The Kier molecular flexibility index (Phi) is 4.54. The number of halogens is 1. The summed E-state index contributed by atoms with van der Waals surface area (Å²) in [7, 11) is 0. The van der Waals surface area contributed by atoms with E-state index < -0.39 is 5.41 Å². The zero-order valence-corrected chi connectivity index (χ0v) is 13.0. The molecule has 1 aliphatic rings. The Labute approximate surface area is 126 Å². The van der Waals surface area contributed by atoms with E-state index >= 15 is 0 Å². The topological polar surface area (TPSA) is 20.3 Å². The molecular weight excluding hydrogens is 270 g/mol. The number of nitrogens with zero attached hydrogens (tertiary/aromatic N) is 1. The van der Waals surface area contributed by atoms with E-state index in [0.717, 1.165) is 12.8 Å². The molecule has 2 nitrogen and oxygen atoms in total. The van der Waals surface area contributed by atoms with Gasteiger partial charge < -0.3 is 4.90 Å².